The number of rotatable bonds is 11. The fraction of sp³-hybridized carbons (Fsp3) is 0.529. The summed E-state index contributed by atoms with van der Waals surface area (Å²) in [6, 6.07) is 12.3. The number of nitrogens with one attached hydrogen (secondary N) is 2. The molecule has 16 heteroatoms. The number of amides is 4. The Hall–Kier alpha value is -5.45. The predicted molar refractivity (Wildman–Crippen MR) is 260 cm³/mol. The maximum atomic E-state index is 14.7. The first-order valence-corrected chi connectivity index (χ1v) is 24.2. The number of nitrogens with zero attached hydrogens (tertiary/aromatic N) is 5. The molecule has 4 aliphatic rings. The standard InChI is InChI=1S/C51H67N7O8S/c1-9-57-42-15-14-33-26-38(42)39(46(57)37-12-10-18-52-44(37)31(4)65-8)27-51(5,6)29-66-50(64)40-13-11-19-58(54-40)49(63)41(24-32-22-35(33)25-36(59)23-32)53-47(61)45(30(2)3)55(7)48(62)34-16-20-56(28-34)43(60)17-21-67/h10,12,14-15,18,22-23,25-27,30-31,34,40-41,45-46,54,59,67H,9,11,13,16-17,19-21,24,28-29H2,1-8H3,(H,53,61)/b39-27+/t31-,34-,40-,41-,45-,46?/m0/s1. The first-order chi connectivity index (χ1) is 31.9. The largest absolute Gasteiger partial charge is 0.508 e. The van der Waals surface area contributed by atoms with E-state index in [1.807, 2.05) is 52.8 Å². The number of thiol groups is 1. The van der Waals surface area contributed by atoms with E-state index < -0.39 is 47.2 Å². The summed E-state index contributed by atoms with van der Waals surface area (Å²) in [5.41, 5.74) is 9.43. The molecule has 0 aliphatic carbocycles. The molecule has 0 spiro atoms. The van der Waals surface area contributed by atoms with Gasteiger partial charge in [0.2, 0.25) is 17.7 Å². The molecule has 4 aliphatic heterocycles. The number of hydrazine groups is 1. The van der Waals surface area contributed by atoms with Crippen LogP contribution in [0, 0.1) is 17.3 Å². The summed E-state index contributed by atoms with van der Waals surface area (Å²) in [7, 11) is 3.27. The van der Waals surface area contributed by atoms with Gasteiger partial charge in [-0.25, -0.2) is 5.43 Å². The maximum Gasteiger partial charge on any atom is 0.324 e. The number of methoxy groups -OCH3 is 1. The van der Waals surface area contributed by atoms with Crippen LogP contribution in [0.1, 0.15) is 102 Å². The molecule has 1 aromatic heterocycles. The van der Waals surface area contributed by atoms with Crippen molar-refractivity contribution in [2.75, 3.05) is 57.6 Å². The molecule has 1 unspecified atom stereocenters. The molecule has 3 N–H and O–H groups in total. The van der Waals surface area contributed by atoms with Gasteiger partial charge in [-0.3, -0.25) is 34.0 Å². The number of fused-ring (bicyclic) bond motifs is 6. The second kappa shape index (κ2) is 20.8. The number of carbonyl (C=O) groups excluding carboxylic acids is 5. The highest BCUT2D eigenvalue weighted by Crippen LogP contribution is 2.52. The lowest BCUT2D eigenvalue weighted by Crippen LogP contribution is -2.62. The molecule has 15 nitrogen and oxygen atoms in total. The van der Waals surface area contributed by atoms with Crippen LogP contribution in [-0.2, 0) is 39.9 Å². The zero-order chi connectivity index (χ0) is 48.3. The van der Waals surface area contributed by atoms with E-state index in [1.165, 1.54) is 9.91 Å². The van der Waals surface area contributed by atoms with Crippen LogP contribution in [-0.4, -0.2) is 125 Å². The molecule has 7 rings (SSSR count). The summed E-state index contributed by atoms with van der Waals surface area (Å²) in [5, 5.41) is 15.7. The van der Waals surface area contributed by atoms with E-state index in [1.54, 1.807) is 37.4 Å². The Labute approximate surface area is 400 Å². The minimum atomic E-state index is -1.16. The zero-order valence-corrected chi connectivity index (χ0v) is 41.0. The Balaban J connectivity index is 1.27. The zero-order valence-electron chi connectivity index (χ0n) is 40.1. The molecule has 2 fully saturated rings. The number of hydrogen-bond acceptors (Lipinski definition) is 12. The monoisotopic (exact) mass is 937 g/mol. The summed E-state index contributed by atoms with van der Waals surface area (Å²) < 4.78 is 11.9. The number of aromatic hydroxyl groups is 1. The number of pyridine rings is 1. The number of phenolic OH excluding ortho intramolecular Hbond substituents is 1. The van der Waals surface area contributed by atoms with Crippen LogP contribution >= 0.6 is 12.6 Å². The highest BCUT2D eigenvalue weighted by atomic mass is 32.1. The number of aromatic nitrogens is 1. The summed E-state index contributed by atoms with van der Waals surface area (Å²) in [6.07, 6.45) is 5.38. The van der Waals surface area contributed by atoms with Gasteiger partial charge in [-0.1, -0.05) is 52.0 Å². The normalized spacial score (nSPS) is 23.4. The van der Waals surface area contributed by atoms with Gasteiger partial charge in [0.1, 0.15) is 23.9 Å². The van der Waals surface area contributed by atoms with Crippen molar-refractivity contribution in [1.29, 1.82) is 0 Å². The second-order valence-electron chi connectivity index (χ2n) is 19.4. The molecule has 67 heavy (non-hydrogen) atoms. The maximum absolute atomic E-state index is 14.7. The van der Waals surface area contributed by atoms with E-state index in [-0.39, 0.29) is 68.2 Å². The molecule has 2 saturated heterocycles. The summed E-state index contributed by atoms with van der Waals surface area (Å²) >= 11 is 4.19. The van der Waals surface area contributed by atoms with Gasteiger partial charge in [-0.15, -0.1) is 0 Å². The first-order valence-electron chi connectivity index (χ1n) is 23.6. The molecule has 5 heterocycles. The van der Waals surface area contributed by atoms with Gasteiger partial charge in [0.05, 0.1) is 30.4 Å². The molecular weight excluding hydrogens is 871 g/mol. The van der Waals surface area contributed by atoms with Gasteiger partial charge in [0, 0.05) is 81.6 Å². The summed E-state index contributed by atoms with van der Waals surface area (Å²) in [6.45, 7) is 13.6. The van der Waals surface area contributed by atoms with Crippen molar-refractivity contribution in [3.05, 3.63) is 83.2 Å². The average molecular weight is 938 g/mol. The van der Waals surface area contributed by atoms with Crippen LogP contribution < -0.4 is 15.6 Å². The molecule has 360 valence electrons. The van der Waals surface area contributed by atoms with Gasteiger partial charge < -0.3 is 34.6 Å². The number of likely N-dealkylation sites (tertiary alicyclic amines) is 1. The van der Waals surface area contributed by atoms with Gasteiger partial charge in [-0.2, -0.15) is 12.6 Å². The molecule has 0 saturated carbocycles. The van der Waals surface area contributed by atoms with Gasteiger partial charge in [-0.05, 0) is 97.4 Å². The molecule has 3 aromatic rings. The topological polar surface area (TPSA) is 174 Å². The van der Waals surface area contributed by atoms with Crippen molar-refractivity contribution in [3.63, 3.8) is 0 Å². The lowest BCUT2D eigenvalue weighted by molar-refractivity contribution is -0.155. The number of likely N-dealkylation sites (N-methyl/N-ethyl adjacent to an activating group) is 2. The number of benzene rings is 2. The summed E-state index contributed by atoms with van der Waals surface area (Å²) in [4.78, 5) is 80.1. The van der Waals surface area contributed by atoms with Crippen molar-refractivity contribution in [3.8, 4) is 16.9 Å². The van der Waals surface area contributed by atoms with E-state index in [4.69, 9.17) is 14.5 Å². The Bertz CT molecular complexity index is 2390. The number of anilines is 1. The van der Waals surface area contributed by atoms with Gasteiger partial charge in [0.15, 0.2) is 0 Å². The molecule has 4 amide bonds. The lowest BCUT2D eigenvalue weighted by Gasteiger charge is -2.37. The fourth-order valence-corrected chi connectivity index (χ4v) is 10.4. The number of carbonyl (C=O) groups is 5. The molecule has 2 aromatic carbocycles. The van der Waals surface area contributed by atoms with Crippen LogP contribution in [0.5, 0.6) is 5.75 Å². The van der Waals surface area contributed by atoms with Crippen LogP contribution in [0.2, 0.25) is 0 Å². The SMILES string of the molecule is CCN1c2ccc3cc2/C(=C\C(C)(C)COC(=O)[C@@H]2CCCN(N2)C(=O)[C@@H](NC(=O)[C@H](C(C)C)N(C)C(=O)[C@H]2CCN(C(=O)CCS)C2)Cc2cc(O)cc-3c2)C1c1cccnc1[C@H](C)OC. The number of hydrogen-bond donors (Lipinski definition) is 4. The highest BCUT2D eigenvalue weighted by Gasteiger charge is 2.42. The minimum Gasteiger partial charge on any atom is -0.508 e. The van der Waals surface area contributed by atoms with Crippen molar-refractivity contribution >= 4 is 53.5 Å². The predicted octanol–water partition coefficient (Wildman–Crippen LogP) is 5.88. The van der Waals surface area contributed by atoms with Crippen LogP contribution in [0.25, 0.3) is 16.7 Å². The van der Waals surface area contributed by atoms with E-state index >= 15 is 0 Å². The quantitative estimate of drug-likeness (QED) is 0.134. The van der Waals surface area contributed by atoms with Crippen LogP contribution in [0.4, 0.5) is 5.69 Å². The second-order valence-corrected chi connectivity index (χ2v) is 19.8. The first kappa shape index (κ1) is 49.5. The van der Waals surface area contributed by atoms with Crippen LogP contribution in [0.3, 0.4) is 0 Å². The Morgan fingerprint density at radius 3 is 2.57 bits per heavy atom. The third-order valence-corrected chi connectivity index (χ3v) is 13.8. The minimum absolute atomic E-state index is 0.00990. The van der Waals surface area contributed by atoms with Crippen molar-refractivity contribution in [2.45, 2.75) is 104 Å². The Morgan fingerprint density at radius 2 is 1.85 bits per heavy atom. The molecule has 0 radical (unpaired) electrons. The number of cyclic esters (lactones) is 1. The third-order valence-electron chi connectivity index (χ3n) is 13.6. The van der Waals surface area contributed by atoms with Gasteiger partial charge >= 0.3 is 5.97 Å². The number of ether oxygens (including phenoxy) is 2. The van der Waals surface area contributed by atoms with E-state index in [2.05, 4.69) is 59.5 Å². The average Bonchev–Trinajstić information content (AvgIpc) is 3.92. The van der Waals surface area contributed by atoms with Crippen molar-refractivity contribution in [2.24, 2.45) is 17.3 Å². The lowest BCUT2D eigenvalue weighted by atomic mass is 9.85. The van der Waals surface area contributed by atoms with E-state index in [0.29, 0.717) is 49.2 Å². The molecule has 6 bridgehead atoms. The third kappa shape index (κ3) is 10.7. The van der Waals surface area contributed by atoms with Crippen molar-refractivity contribution in [1.82, 2.24) is 30.5 Å². The smallest absolute Gasteiger partial charge is 0.324 e. The van der Waals surface area contributed by atoms with Crippen LogP contribution in [0.15, 0.2) is 60.8 Å². The van der Waals surface area contributed by atoms with E-state index in [0.717, 1.165) is 33.6 Å². The fourth-order valence-electron chi connectivity index (χ4n) is 10.2. The molecular formula is C51H67N7O8S. The van der Waals surface area contributed by atoms with Gasteiger partial charge in [0.25, 0.3) is 5.91 Å². The van der Waals surface area contributed by atoms with E-state index in [9.17, 15) is 29.1 Å². The Kier molecular flexibility index (Phi) is 15.4. The number of phenols is 1. The highest BCUT2D eigenvalue weighted by molar-refractivity contribution is 7.80. The van der Waals surface area contributed by atoms with Crippen molar-refractivity contribution < 1.29 is 38.6 Å². The Morgan fingerprint density at radius 1 is 1.07 bits per heavy atom. The molecule has 6 atom stereocenters. The number of esters is 1. The summed E-state index contributed by atoms with van der Waals surface area (Å²) in [5.74, 6) is -2.21.